The Balaban J connectivity index is 2.40. The molecular formula is C9H9F5O. The van der Waals surface area contributed by atoms with E-state index in [1.165, 1.54) is 12.2 Å². The third kappa shape index (κ3) is 1.11. The second kappa shape index (κ2) is 2.72. The number of rotatable bonds is 1. The van der Waals surface area contributed by atoms with Crippen molar-refractivity contribution in [3.8, 4) is 0 Å². The monoisotopic (exact) mass is 228 g/mol. The predicted octanol–water partition coefficient (Wildman–Crippen LogP) is 2.51. The van der Waals surface area contributed by atoms with E-state index in [0.29, 0.717) is 0 Å². The molecule has 0 heterocycles. The highest BCUT2D eigenvalue weighted by molar-refractivity contribution is 5.25. The zero-order chi connectivity index (χ0) is 11.5. The summed E-state index contributed by atoms with van der Waals surface area (Å²) in [5, 5.41) is 9.62. The minimum absolute atomic E-state index is 0.184. The molecule has 2 bridgehead atoms. The van der Waals surface area contributed by atoms with Gasteiger partial charge in [-0.05, 0) is 12.8 Å². The number of hydrogen-bond acceptors (Lipinski definition) is 1. The molecule has 3 atom stereocenters. The van der Waals surface area contributed by atoms with Crippen LogP contribution in [-0.4, -0.2) is 22.8 Å². The van der Waals surface area contributed by atoms with E-state index in [2.05, 4.69) is 0 Å². The molecule has 0 aromatic heterocycles. The van der Waals surface area contributed by atoms with Gasteiger partial charge in [0.25, 0.3) is 0 Å². The van der Waals surface area contributed by atoms with Crippen molar-refractivity contribution in [3.63, 3.8) is 0 Å². The quantitative estimate of drug-likeness (QED) is 0.540. The maximum atomic E-state index is 13.1. The number of alkyl halides is 5. The Bertz CT molecular complexity index is 292. The highest BCUT2D eigenvalue weighted by Gasteiger charge is 2.76. The standard InChI is InChI=1S/C9H9F5O/c10-8(11,9(12,13)14)7(15)5-1-2-6(7)4-3-5/h1-2,5-6,15H,3-4H2/t5-,6+,7?. The molecule has 0 aliphatic heterocycles. The molecule has 1 fully saturated rings. The second-order valence-electron chi connectivity index (χ2n) is 4.07. The number of hydrogen-bond donors (Lipinski definition) is 1. The number of aliphatic hydroxyl groups is 1. The second-order valence-corrected chi connectivity index (χ2v) is 4.07. The molecule has 0 spiro atoms. The van der Waals surface area contributed by atoms with E-state index in [1.54, 1.807) is 0 Å². The zero-order valence-corrected chi connectivity index (χ0v) is 7.56. The van der Waals surface area contributed by atoms with Crippen LogP contribution in [0.3, 0.4) is 0 Å². The Labute approximate surface area is 82.6 Å². The molecule has 0 radical (unpaired) electrons. The van der Waals surface area contributed by atoms with Crippen molar-refractivity contribution in [1.29, 1.82) is 0 Å². The van der Waals surface area contributed by atoms with Crippen LogP contribution >= 0.6 is 0 Å². The number of halogens is 5. The molecule has 2 aliphatic rings. The first-order valence-electron chi connectivity index (χ1n) is 4.56. The molecule has 0 aromatic carbocycles. The minimum atomic E-state index is -5.70. The van der Waals surface area contributed by atoms with Crippen LogP contribution in [0.2, 0.25) is 0 Å². The lowest BCUT2D eigenvalue weighted by atomic mass is 9.83. The van der Waals surface area contributed by atoms with Crippen molar-refractivity contribution in [2.75, 3.05) is 0 Å². The third-order valence-electron chi connectivity index (χ3n) is 3.35. The summed E-state index contributed by atoms with van der Waals surface area (Å²) in [6.45, 7) is 0. The summed E-state index contributed by atoms with van der Waals surface area (Å²) >= 11 is 0. The summed E-state index contributed by atoms with van der Waals surface area (Å²) in [6, 6.07) is 0. The van der Waals surface area contributed by atoms with Gasteiger partial charge in [0, 0.05) is 11.8 Å². The lowest BCUT2D eigenvalue weighted by Crippen LogP contribution is -2.60. The van der Waals surface area contributed by atoms with Crippen LogP contribution in [0.5, 0.6) is 0 Å². The van der Waals surface area contributed by atoms with Gasteiger partial charge < -0.3 is 5.11 Å². The Kier molecular flexibility index (Phi) is 1.97. The van der Waals surface area contributed by atoms with Crippen molar-refractivity contribution >= 4 is 0 Å². The largest absolute Gasteiger partial charge is 0.456 e. The van der Waals surface area contributed by atoms with E-state index in [0.717, 1.165) is 0 Å². The summed E-state index contributed by atoms with van der Waals surface area (Å²) in [5.74, 6) is -7.21. The van der Waals surface area contributed by atoms with E-state index in [4.69, 9.17) is 0 Å². The Morgan fingerprint density at radius 3 is 1.67 bits per heavy atom. The van der Waals surface area contributed by atoms with Crippen LogP contribution in [0.1, 0.15) is 12.8 Å². The van der Waals surface area contributed by atoms with Crippen molar-refractivity contribution in [1.82, 2.24) is 0 Å². The first-order valence-corrected chi connectivity index (χ1v) is 4.56. The molecule has 0 amide bonds. The van der Waals surface area contributed by atoms with E-state index < -0.39 is 29.5 Å². The molecule has 86 valence electrons. The third-order valence-corrected chi connectivity index (χ3v) is 3.35. The van der Waals surface area contributed by atoms with Crippen LogP contribution < -0.4 is 0 Å². The summed E-state index contributed by atoms with van der Waals surface area (Å²) in [6.07, 6.45) is -2.82. The fraction of sp³-hybridized carbons (Fsp3) is 0.778. The molecule has 6 heteroatoms. The van der Waals surface area contributed by atoms with Gasteiger partial charge in [-0.3, -0.25) is 0 Å². The van der Waals surface area contributed by atoms with E-state index >= 15 is 0 Å². The molecule has 1 nitrogen and oxygen atoms in total. The molecule has 2 aliphatic carbocycles. The summed E-state index contributed by atoms with van der Waals surface area (Å²) in [5.41, 5.74) is -2.97. The Morgan fingerprint density at radius 2 is 1.40 bits per heavy atom. The first-order chi connectivity index (χ1) is 6.71. The average Bonchev–Trinajstić information content (AvgIpc) is 2.59. The molecule has 15 heavy (non-hydrogen) atoms. The molecule has 1 saturated carbocycles. The zero-order valence-electron chi connectivity index (χ0n) is 7.56. The maximum absolute atomic E-state index is 13.1. The van der Waals surface area contributed by atoms with Crippen molar-refractivity contribution in [3.05, 3.63) is 12.2 Å². The molecule has 0 saturated heterocycles. The van der Waals surface area contributed by atoms with Gasteiger partial charge in [0.2, 0.25) is 0 Å². The van der Waals surface area contributed by atoms with E-state index in [1.807, 2.05) is 0 Å². The van der Waals surface area contributed by atoms with Crippen molar-refractivity contribution in [2.45, 2.75) is 30.5 Å². The summed E-state index contributed by atoms with van der Waals surface area (Å²) in [4.78, 5) is 0. The van der Waals surface area contributed by atoms with Gasteiger partial charge in [0.15, 0.2) is 0 Å². The lowest BCUT2D eigenvalue weighted by molar-refractivity contribution is -0.349. The van der Waals surface area contributed by atoms with Crippen LogP contribution in [0.4, 0.5) is 22.0 Å². The van der Waals surface area contributed by atoms with Gasteiger partial charge in [-0.15, -0.1) is 0 Å². The van der Waals surface area contributed by atoms with Crippen molar-refractivity contribution < 1.29 is 27.1 Å². The highest BCUT2D eigenvalue weighted by Crippen LogP contribution is 2.58. The van der Waals surface area contributed by atoms with Crippen LogP contribution in [0.25, 0.3) is 0 Å². The Hall–Kier alpha value is -0.650. The van der Waals surface area contributed by atoms with E-state index in [9.17, 15) is 27.1 Å². The smallest absolute Gasteiger partial charge is 0.382 e. The van der Waals surface area contributed by atoms with Gasteiger partial charge in [-0.2, -0.15) is 22.0 Å². The summed E-state index contributed by atoms with van der Waals surface area (Å²) < 4.78 is 62.8. The Morgan fingerprint density at radius 1 is 1.00 bits per heavy atom. The highest BCUT2D eigenvalue weighted by atomic mass is 19.4. The van der Waals surface area contributed by atoms with Gasteiger partial charge in [0.1, 0.15) is 5.60 Å². The van der Waals surface area contributed by atoms with Gasteiger partial charge >= 0.3 is 12.1 Å². The first kappa shape index (κ1) is 10.9. The SMILES string of the molecule is OC1(C(F)(F)C(F)(F)F)[C@@H]2C=C[C@H]1CC2. The molecular weight excluding hydrogens is 219 g/mol. The minimum Gasteiger partial charge on any atom is -0.382 e. The van der Waals surface area contributed by atoms with Gasteiger partial charge in [-0.25, -0.2) is 0 Å². The van der Waals surface area contributed by atoms with Crippen LogP contribution in [0.15, 0.2) is 12.2 Å². The fourth-order valence-electron chi connectivity index (χ4n) is 2.52. The number of fused-ring (bicyclic) bond motifs is 2. The average molecular weight is 228 g/mol. The van der Waals surface area contributed by atoms with Gasteiger partial charge in [-0.1, -0.05) is 12.2 Å². The van der Waals surface area contributed by atoms with E-state index in [-0.39, 0.29) is 12.8 Å². The van der Waals surface area contributed by atoms with Crippen LogP contribution in [-0.2, 0) is 0 Å². The normalized spacial score (nSPS) is 40.1. The maximum Gasteiger partial charge on any atom is 0.456 e. The van der Waals surface area contributed by atoms with Crippen molar-refractivity contribution in [2.24, 2.45) is 11.8 Å². The lowest BCUT2D eigenvalue weighted by Gasteiger charge is -2.37. The molecule has 0 aromatic rings. The topological polar surface area (TPSA) is 20.2 Å². The molecule has 2 rings (SSSR count). The molecule has 1 N–H and O–H groups in total. The van der Waals surface area contributed by atoms with Gasteiger partial charge in [0.05, 0.1) is 0 Å². The summed E-state index contributed by atoms with van der Waals surface area (Å²) in [7, 11) is 0. The fourth-order valence-corrected chi connectivity index (χ4v) is 2.52. The molecule has 1 unspecified atom stereocenters. The predicted molar refractivity (Wildman–Crippen MR) is 41.3 cm³/mol. The van der Waals surface area contributed by atoms with Crippen LogP contribution in [0, 0.1) is 11.8 Å².